The van der Waals surface area contributed by atoms with Gasteiger partial charge in [0.05, 0.1) is 47.3 Å². The number of likely N-dealkylation sites (tertiary alicyclic amines) is 1. The lowest BCUT2D eigenvalue weighted by Crippen LogP contribution is -2.52. The molecule has 7 heterocycles. The molecule has 8 rings (SSSR count). The van der Waals surface area contributed by atoms with Gasteiger partial charge in [0.25, 0.3) is 5.92 Å². The van der Waals surface area contributed by atoms with Gasteiger partial charge < -0.3 is 25.4 Å². The molecule has 4 aromatic rings. The minimum atomic E-state index is -2.76. The second-order valence-corrected chi connectivity index (χ2v) is 13.6. The molecule has 2 unspecified atom stereocenters. The number of halogens is 4. The number of benzene rings is 1. The van der Waals surface area contributed by atoms with E-state index in [-0.39, 0.29) is 101 Å². The van der Waals surface area contributed by atoms with E-state index in [9.17, 15) is 18.4 Å². The van der Waals surface area contributed by atoms with Crippen LogP contribution >= 0.6 is 11.3 Å². The Labute approximate surface area is 265 Å². The van der Waals surface area contributed by atoms with E-state index in [0.717, 1.165) is 43.5 Å². The molecule has 0 spiro atoms. The number of ether oxygens (including phenoxy) is 2. The van der Waals surface area contributed by atoms with Crippen molar-refractivity contribution in [2.45, 2.75) is 62.9 Å². The Kier molecular flexibility index (Phi) is 6.98. The molecule has 0 amide bonds. The Morgan fingerprint density at radius 2 is 1.91 bits per heavy atom. The zero-order valence-electron chi connectivity index (χ0n) is 24.9. The molecule has 3 N–H and O–H groups in total. The van der Waals surface area contributed by atoms with Crippen LogP contribution in [0.3, 0.4) is 0 Å². The van der Waals surface area contributed by atoms with Crippen molar-refractivity contribution in [3.8, 4) is 23.3 Å². The number of nitriles is 1. The van der Waals surface area contributed by atoms with Crippen LogP contribution < -0.4 is 20.7 Å². The van der Waals surface area contributed by atoms with Gasteiger partial charge in [-0.25, -0.2) is 17.6 Å². The third-order valence-corrected chi connectivity index (χ3v) is 10.8. The normalized spacial score (nSPS) is 24.1. The standard InChI is InChI=1S/C31H30F4N8O2S/c1-42-13-31(34,35)5-4-16(42)10-45-30-40-26-23(29(41-30)43-14-2-3-15(43)8-38-7-14)19-12-44-11-18(19)21(24(26)33)25-22-17(6-36)28(37)46-27(22)20(32)9-39-25/h9,14-16,38H,2-5,7-8,10-13,37H2,1H3/t14?,15?,16-/m0/s1. The van der Waals surface area contributed by atoms with Crippen molar-refractivity contribution in [1.82, 2.24) is 25.2 Å². The lowest BCUT2D eigenvalue weighted by molar-refractivity contribution is -0.0804. The molecule has 10 nitrogen and oxygen atoms in total. The monoisotopic (exact) mass is 654 g/mol. The predicted octanol–water partition coefficient (Wildman–Crippen LogP) is 4.72. The van der Waals surface area contributed by atoms with Gasteiger partial charge >= 0.3 is 6.01 Å². The number of likely N-dealkylation sites (N-methyl/N-ethyl adjacent to an activating group) is 1. The number of rotatable bonds is 5. The van der Waals surface area contributed by atoms with Crippen LogP contribution in [0, 0.1) is 23.0 Å². The van der Waals surface area contributed by atoms with Gasteiger partial charge in [-0.3, -0.25) is 9.88 Å². The number of pyridine rings is 1. The van der Waals surface area contributed by atoms with Crippen LogP contribution in [-0.2, 0) is 18.0 Å². The van der Waals surface area contributed by atoms with Crippen molar-refractivity contribution in [3.05, 3.63) is 34.5 Å². The Hall–Kier alpha value is -3.84. The molecule has 15 heteroatoms. The van der Waals surface area contributed by atoms with Crippen molar-refractivity contribution in [1.29, 1.82) is 5.26 Å². The van der Waals surface area contributed by atoms with E-state index >= 15 is 4.39 Å². The Balaban J connectivity index is 1.33. The van der Waals surface area contributed by atoms with E-state index in [4.69, 9.17) is 20.2 Å². The highest BCUT2D eigenvalue weighted by molar-refractivity contribution is 7.23. The number of nitrogens with one attached hydrogen (secondary N) is 1. The molecular formula is C31H30F4N8O2S. The molecule has 240 valence electrons. The number of alkyl halides is 2. The van der Waals surface area contributed by atoms with Crippen molar-refractivity contribution in [3.63, 3.8) is 0 Å². The average molecular weight is 655 g/mol. The summed E-state index contributed by atoms with van der Waals surface area (Å²) in [5, 5.41) is 14.1. The number of nitrogen functional groups attached to an aromatic ring is 1. The highest BCUT2D eigenvalue weighted by Crippen LogP contribution is 2.47. The summed E-state index contributed by atoms with van der Waals surface area (Å²) >= 11 is 0.910. The Morgan fingerprint density at radius 1 is 1.15 bits per heavy atom. The molecular weight excluding hydrogens is 624 g/mol. The smallest absolute Gasteiger partial charge is 0.319 e. The number of piperidine rings is 1. The lowest BCUT2D eigenvalue weighted by atomic mass is 9.93. The molecule has 1 aromatic carbocycles. The van der Waals surface area contributed by atoms with Crippen LogP contribution in [0.5, 0.6) is 6.01 Å². The van der Waals surface area contributed by atoms with Crippen LogP contribution in [0.15, 0.2) is 6.20 Å². The zero-order valence-corrected chi connectivity index (χ0v) is 25.7. The van der Waals surface area contributed by atoms with E-state index in [1.807, 2.05) is 6.07 Å². The highest BCUT2D eigenvalue weighted by atomic mass is 32.1. The summed E-state index contributed by atoms with van der Waals surface area (Å²) in [6, 6.07) is 1.92. The van der Waals surface area contributed by atoms with Gasteiger partial charge in [-0.15, -0.1) is 11.3 Å². The summed E-state index contributed by atoms with van der Waals surface area (Å²) in [5.74, 6) is -3.61. The summed E-state index contributed by atoms with van der Waals surface area (Å²) in [6.07, 6.45) is 2.86. The first kappa shape index (κ1) is 29.6. The maximum absolute atomic E-state index is 17.2. The fourth-order valence-corrected chi connectivity index (χ4v) is 8.48. The molecule has 4 aliphatic heterocycles. The quantitative estimate of drug-likeness (QED) is 0.292. The molecule has 4 aliphatic rings. The van der Waals surface area contributed by atoms with Crippen LogP contribution in [-0.4, -0.2) is 77.2 Å². The molecule has 0 radical (unpaired) electrons. The molecule has 0 saturated carbocycles. The van der Waals surface area contributed by atoms with Gasteiger partial charge in [0, 0.05) is 48.6 Å². The first-order valence-electron chi connectivity index (χ1n) is 15.2. The maximum atomic E-state index is 17.2. The van der Waals surface area contributed by atoms with Gasteiger partial charge in [0.2, 0.25) is 0 Å². The van der Waals surface area contributed by atoms with E-state index in [1.165, 1.54) is 0 Å². The largest absolute Gasteiger partial charge is 0.462 e. The molecule has 3 atom stereocenters. The summed E-state index contributed by atoms with van der Waals surface area (Å²) < 4.78 is 72.2. The second-order valence-electron chi connectivity index (χ2n) is 12.5. The van der Waals surface area contributed by atoms with Crippen LogP contribution in [0.4, 0.5) is 28.4 Å². The fraction of sp³-hybridized carbons (Fsp3) is 0.484. The van der Waals surface area contributed by atoms with Gasteiger partial charge in [0.1, 0.15) is 29.0 Å². The van der Waals surface area contributed by atoms with E-state index in [2.05, 4.69) is 20.2 Å². The third kappa shape index (κ3) is 4.56. The molecule has 3 aromatic heterocycles. The van der Waals surface area contributed by atoms with E-state index in [0.29, 0.717) is 22.3 Å². The fourth-order valence-electron chi connectivity index (χ4n) is 7.55. The minimum Gasteiger partial charge on any atom is -0.462 e. The van der Waals surface area contributed by atoms with Crippen LogP contribution in [0.1, 0.15) is 42.4 Å². The number of hydrogen-bond donors (Lipinski definition) is 2. The van der Waals surface area contributed by atoms with Crippen LogP contribution in [0.25, 0.3) is 32.2 Å². The van der Waals surface area contributed by atoms with Gasteiger partial charge in [0.15, 0.2) is 11.6 Å². The SMILES string of the molecule is CN1CC(F)(F)CC[C@H]1COc1nc(N2C3CCC2CNC3)c2c3c(c(-c4ncc(F)c5sc(N)c(C#N)c45)c(F)c2n1)COC3. The van der Waals surface area contributed by atoms with Crippen molar-refractivity contribution in [2.24, 2.45) is 0 Å². The van der Waals surface area contributed by atoms with Gasteiger partial charge in [-0.05, 0) is 37.4 Å². The number of fused-ring (bicyclic) bond motifs is 6. The number of nitrogens with two attached hydrogens (primary N) is 1. The Morgan fingerprint density at radius 3 is 2.65 bits per heavy atom. The highest BCUT2D eigenvalue weighted by Gasteiger charge is 2.41. The van der Waals surface area contributed by atoms with Crippen LogP contribution in [0.2, 0.25) is 0 Å². The second kappa shape index (κ2) is 10.9. The lowest BCUT2D eigenvalue weighted by Gasteiger charge is -2.37. The Bertz CT molecular complexity index is 1930. The van der Waals surface area contributed by atoms with E-state index < -0.39 is 17.6 Å². The number of piperazine rings is 1. The summed E-state index contributed by atoms with van der Waals surface area (Å²) in [6.45, 7) is 1.40. The predicted molar refractivity (Wildman–Crippen MR) is 164 cm³/mol. The summed E-state index contributed by atoms with van der Waals surface area (Å²) in [4.78, 5) is 17.5. The topological polar surface area (TPSA) is 125 Å². The summed E-state index contributed by atoms with van der Waals surface area (Å²) in [5.41, 5.74) is 7.47. The van der Waals surface area contributed by atoms with Gasteiger partial charge in [-0.2, -0.15) is 15.2 Å². The molecule has 3 fully saturated rings. The number of thiophene rings is 1. The molecule has 3 saturated heterocycles. The van der Waals surface area contributed by atoms with Crippen molar-refractivity contribution >= 4 is 43.1 Å². The van der Waals surface area contributed by atoms with Gasteiger partial charge in [-0.1, -0.05) is 0 Å². The number of anilines is 2. The average Bonchev–Trinajstić information content (AvgIpc) is 3.70. The van der Waals surface area contributed by atoms with Crippen molar-refractivity contribution < 1.29 is 27.0 Å². The van der Waals surface area contributed by atoms with E-state index in [1.54, 1.807) is 11.9 Å². The maximum Gasteiger partial charge on any atom is 0.319 e. The van der Waals surface area contributed by atoms with Crippen molar-refractivity contribution in [2.75, 3.05) is 43.9 Å². The number of aromatic nitrogens is 3. The number of hydrogen-bond acceptors (Lipinski definition) is 11. The molecule has 46 heavy (non-hydrogen) atoms. The molecule has 2 bridgehead atoms. The zero-order chi connectivity index (χ0) is 31.9. The first-order chi connectivity index (χ1) is 22.1. The minimum absolute atomic E-state index is 0.0123. The first-order valence-corrected chi connectivity index (χ1v) is 16.1. The number of nitrogens with zero attached hydrogens (tertiary/aromatic N) is 6. The molecule has 0 aliphatic carbocycles. The summed E-state index contributed by atoms with van der Waals surface area (Å²) in [7, 11) is 1.63. The third-order valence-electron chi connectivity index (χ3n) is 9.78.